The number of esters is 2. The van der Waals surface area contributed by atoms with E-state index < -0.39 is 35.4 Å². The third kappa shape index (κ3) is 4.60. The number of dihydropyridines is 1. The number of hydrogen-bond acceptors (Lipinski definition) is 7. The van der Waals surface area contributed by atoms with Gasteiger partial charge in [0, 0.05) is 28.3 Å². The van der Waals surface area contributed by atoms with Crippen LogP contribution in [0.2, 0.25) is 0 Å². The molecule has 1 aliphatic carbocycles. The van der Waals surface area contributed by atoms with Crippen LogP contribution in [0.1, 0.15) is 38.7 Å². The summed E-state index contributed by atoms with van der Waals surface area (Å²) >= 11 is 1.64. The van der Waals surface area contributed by atoms with Crippen molar-refractivity contribution in [3.8, 4) is 0 Å². The second-order valence-electron chi connectivity index (χ2n) is 7.89. The quantitative estimate of drug-likeness (QED) is 0.376. The molecule has 0 saturated heterocycles. The molecule has 0 amide bonds. The topological polar surface area (TPSA) is 81.7 Å². The molecule has 1 aromatic rings. The maximum absolute atomic E-state index is 15.0. The fourth-order valence-electron chi connectivity index (χ4n) is 4.39. The monoisotopic (exact) mass is 461 g/mol. The highest BCUT2D eigenvalue weighted by Gasteiger charge is 2.47. The van der Waals surface area contributed by atoms with Crippen LogP contribution in [0.4, 0.5) is 4.39 Å². The van der Waals surface area contributed by atoms with Gasteiger partial charge in [-0.1, -0.05) is 32.0 Å². The summed E-state index contributed by atoms with van der Waals surface area (Å²) in [7, 11) is 1.24. The van der Waals surface area contributed by atoms with Gasteiger partial charge in [-0.3, -0.25) is 9.59 Å². The highest BCUT2D eigenvalue weighted by molar-refractivity contribution is 7.99. The van der Waals surface area contributed by atoms with E-state index in [2.05, 4.69) is 5.32 Å². The third-order valence-electron chi connectivity index (χ3n) is 5.84. The Hall–Kier alpha value is -2.61. The van der Waals surface area contributed by atoms with Crippen molar-refractivity contribution in [3.63, 3.8) is 0 Å². The van der Waals surface area contributed by atoms with E-state index in [1.54, 1.807) is 43.8 Å². The molecule has 0 saturated carbocycles. The van der Waals surface area contributed by atoms with E-state index in [1.165, 1.54) is 13.2 Å². The van der Waals surface area contributed by atoms with E-state index in [4.69, 9.17) is 9.47 Å². The number of ether oxygens (including phenoxy) is 2. The summed E-state index contributed by atoms with van der Waals surface area (Å²) in [5.41, 5.74) is 1.72. The normalized spacial score (nSPS) is 22.9. The Balaban J connectivity index is 2.09. The first kappa shape index (κ1) is 24.0. The molecule has 1 aliphatic heterocycles. The number of methoxy groups -OCH3 is 1. The molecule has 0 radical (unpaired) electrons. The van der Waals surface area contributed by atoms with E-state index in [9.17, 15) is 18.8 Å². The summed E-state index contributed by atoms with van der Waals surface area (Å²) in [6.07, 6.45) is 0.401. The zero-order valence-corrected chi connectivity index (χ0v) is 19.5. The average Bonchev–Trinajstić information content (AvgIpc) is 2.75. The Morgan fingerprint density at radius 2 is 2.00 bits per heavy atom. The van der Waals surface area contributed by atoms with Crippen LogP contribution >= 0.6 is 11.8 Å². The number of benzene rings is 1. The largest absolute Gasteiger partial charge is 0.468 e. The van der Waals surface area contributed by atoms with E-state index in [-0.39, 0.29) is 29.2 Å². The fraction of sp³-hybridized carbons (Fsp3) is 0.458. The Kier molecular flexibility index (Phi) is 7.77. The number of ketones is 1. The molecule has 1 N–H and O–H groups in total. The van der Waals surface area contributed by atoms with E-state index in [1.807, 2.05) is 6.92 Å². The van der Waals surface area contributed by atoms with Crippen molar-refractivity contribution in [3.05, 3.63) is 58.2 Å². The average molecular weight is 462 g/mol. The van der Waals surface area contributed by atoms with Crippen molar-refractivity contribution in [1.82, 2.24) is 5.32 Å². The highest BCUT2D eigenvalue weighted by Crippen LogP contribution is 2.46. The molecule has 0 fully saturated rings. The molecule has 0 spiro atoms. The molecule has 0 bridgehead atoms. The van der Waals surface area contributed by atoms with Crippen LogP contribution in [0, 0.1) is 17.7 Å². The van der Waals surface area contributed by atoms with Gasteiger partial charge in [0.05, 0.1) is 18.6 Å². The highest BCUT2D eigenvalue weighted by atomic mass is 32.2. The van der Waals surface area contributed by atoms with Gasteiger partial charge in [0.2, 0.25) is 0 Å². The maximum Gasteiger partial charge on any atom is 0.336 e. The molecule has 1 aromatic carbocycles. The Labute approximate surface area is 191 Å². The lowest BCUT2D eigenvalue weighted by molar-refractivity contribution is -0.151. The van der Waals surface area contributed by atoms with Crippen LogP contribution in [0.15, 0.2) is 46.8 Å². The zero-order valence-electron chi connectivity index (χ0n) is 18.7. The molecule has 1 heterocycles. The van der Waals surface area contributed by atoms with Gasteiger partial charge in [-0.15, -0.1) is 0 Å². The van der Waals surface area contributed by atoms with Crippen LogP contribution in [0.5, 0.6) is 0 Å². The van der Waals surface area contributed by atoms with Gasteiger partial charge in [-0.25, -0.2) is 9.18 Å². The smallest absolute Gasteiger partial charge is 0.336 e. The number of thioether (sulfide) groups is 1. The van der Waals surface area contributed by atoms with Crippen molar-refractivity contribution in [1.29, 1.82) is 0 Å². The predicted octanol–water partition coefficient (Wildman–Crippen LogP) is 3.74. The first-order chi connectivity index (χ1) is 15.3. The van der Waals surface area contributed by atoms with Crippen LogP contribution < -0.4 is 5.32 Å². The minimum atomic E-state index is -1.01. The molecule has 3 atom stereocenters. The lowest BCUT2D eigenvalue weighted by atomic mass is 9.69. The van der Waals surface area contributed by atoms with Crippen LogP contribution in [-0.2, 0) is 23.9 Å². The first-order valence-electron chi connectivity index (χ1n) is 10.6. The van der Waals surface area contributed by atoms with E-state index in [0.29, 0.717) is 23.6 Å². The Bertz CT molecular complexity index is 986. The zero-order chi connectivity index (χ0) is 23.4. The van der Waals surface area contributed by atoms with Crippen LogP contribution in [-0.4, -0.2) is 42.9 Å². The molecule has 0 unspecified atom stereocenters. The first-order valence-corrected chi connectivity index (χ1v) is 11.8. The number of rotatable bonds is 7. The number of carbonyl (C=O) groups excluding carboxylic acids is 3. The summed E-state index contributed by atoms with van der Waals surface area (Å²) in [6.45, 7) is 5.74. The summed E-state index contributed by atoms with van der Waals surface area (Å²) in [4.78, 5) is 39.0. The number of hydrogen-bond donors (Lipinski definition) is 1. The van der Waals surface area contributed by atoms with Crippen molar-refractivity contribution in [2.75, 3.05) is 25.2 Å². The van der Waals surface area contributed by atoms with Crippen LogP contribution in [0.25, 0.3) is 0 Å². The van der Waals surface area contributed by atoms with Gasteiger partial charge in [-0.05, 0) is 31.1 Å². The van der Waals surface area contributed by atoms with E-state index >= 15 is 0 Å². The van der Waals surface area contributed by atoms with Crippen LogP contribution in [0.3, 0.4) is 0 Å². The second kappa shape index (κ2) is 10.3. The SMILES string of the molecule is CCSCCOC(=O)C1=C(C)NC2=C(C(=O)[C@@H](C(=O)OC)[C@H](C)C2)[C@@H]1c1ccccc1F. The third-order valence-corrected chi connectivity index (χ3v) is 6.71. The van der Waals surface area contributed by atoms with Gasteiger partial charge in [-0.2, -0.15) is 11.8 Å². The Morgan fingerprint density at radius 1 is 1.28 bits per heavy atom. The number of halogens is 1. The Morgan fingerprint density at radius 3 is 2.66 bits per heavy atom. The molecule has 3 rings (SSSR count). The van der Waals surface area contributed by atoms with Gasteiger partial charge in [0.25, 0.3) is 0 Å². The standard InChI is InChI=1S/C24H28FNO5S/c1-5-32-11-10-31-24(29)19-14(3)26-17-12-13(2)18(23(28)30-4)22(27)21(17)20(19)15-8-6-7-9-16(15)25/h6-9,13,18,20,26H,5,10-12H2,1-4H3/t13-,18+,20-/m1/s1. The minimum Gasteiger partial charge on any atom is -0.468 e. The number of nitrogens with one attached hydrogen (secondary N) is 1. The van der Waals surface area contributed by atoms with Crippen molar-refractivity contribution >= 4 is 29.5 Å². The number of allylic oxidation sites excluding steroid dienone is 3. The maximum atomic E-state index is 15.0. The molecule has 2 aliphatic rings. The number of carbonyl (C=O) groups is 3. The summed E-state index contributed by atoms with van der Waals surface area (Å²) < 4.78 is 25.3. The van der Waals surface area contributed by atoms with Gasteiger partial charge in [0.15, 0.2) is 5.78 Å². The number of Topliss-reactive ketones (excluding diaryl/α,β-unsaturated/α-hetero) is 1. The van der Waals surface area contributed by atoms with Crippen molar-refractivity contribution in [2.24, 2.45) is 11.8 Å². The predicted molar refractivity (Wildman–Crippen MR) is 120 cm³/mol. The molecular formula is C24H28FNO5S. The molecule has 32 heavy (non-hydrogen) atoms. The molecular weight excluding hydrogens is 433 g/mol. The van der Waals surface area contributed by atoms with E-state index in [0.717, 1.165) is 5.75 Å². The molecule has 172 valence electrons. The van der Waals surface area contributed by atoms with Gasteiger partial charge >= 0.3 is 11.9 Å². The summed E-state index contributed by atoms with van der Waals surface area (Å²) in [5, 5.41) is 3.17. The molecule has 0 aromatic heterocycles. The second-order valence-corrected chi connectivity index (χ2v) is 9.28. The lowest BCUT2D eigenvalue weighted by Gasteiger charge is -2.38. The molecule has 6 nitrogen and oxygen atoms in total. The lowest BCUT2D eigenvalue weighted by Crippen LogP contribution is -2.43. The van der Waals surface area contributed by atoms with Crippen molar-refractivity contribution in [2.45, 2.75) is 33.1 Å². The summed E-state index contributed by atoms with van der Waals surface area (Å²) in [6, 6.07) is 6.06. The minimum absolute atomic E-state index is 0.182. The van der Waals surface area contributed by atoms with Crippen molar-refractivity contribution < 1.29 is 28.2 Å². The van der Waals surface area contributed by atoms with Gasteiger partial charge in [0.1, 0.15) is 18.3 Å². The molecule has 8 heteroatoms. The van der Waals surface area contributed by atoms with Gasteiger partial charge < -0.3 is 14.8 Å². The summed E-state index contributed by atoms with van der Waals surface area (Å²) in [5.74, 6) is -2.96. The fourth-order valence-corrected chi connectivity index (χ4v) is 4.88.